The van der Waals surface area contributed by atoms with Gasteiger partial charge in [-0.05, 0) is 27.7 Å². The molecule has 0 atom stereocenters. The molecule has 2 fully saturated rings. The number of ether oxygens (including phenoxy) is 5. The average molecular weight is 521 g/mol. The summed E-state index contributed by atoms with van der Waals surface area (Å²) in [5.41, 5.74) is 0.186. The van der Waals surface area contributed by atoms with E-state index < -0.39 is 23.3 Å². The molecule has 0 N–H and O–H groups in total. The van der Waals surface area contributed by atoms with Crippen molar-refractivity contribution in [3.05, 3.63) is 34.0 Å². The second-order valence-electron chi connectivity index (χ2n) is 11.5. The Morgan fingerprint density at radius 2 is 1.27 bits per heavy atom. The van der Waals surface area contributed by atoms with Crippen molar-refractivity contribution < 1.29 is 42.3 Å². The Kier molecular flexibility index (Phi) is 7.13. The van der Waals surface area contributed by atoms with Crippen LogP contribution in [0.5, 0.6) is 0 Å². The minimum absolute atomic E-state index is 0.0523. The fraction of sp³-hybridized carbons (Fsp3) is 0.692. The first-order valence-corrected chi connectivity index (χ1v) is 12.4. The van der Waals surface area contributed by atoms with Crippen molar-refractivity contribution in [3.8, 4) is 0 Å². The number of carbonyl (C=O) groups is 2. The van der Waals surface area contributed by atoms with Crippen LogP contribution in [0.4, 0.5) is 0 Å². The van der Waals surface area contributed by atoms with E-state index in [2.05, 4.69) is 10.3 Å². The fourth-order valence-corrected chi connectivity index (χ4v) is 4.37. The zero-order valence-electron chi connectivity index (χ0n) is 22.8. The maximum Gasteiger partial charge on any atom is 0.361 e. The number of Topliss-reactive ketones (excluding diaryl/α,β-unsaturated/α-hetero) is 1. The monoisotopic (exact) mass is 520 g/mol. The molecule has 2 aliphatic heterocycles. The fourth-order valence-electron chi connectivity index (χ4n) is 4.37. The average Bonchev–Trinajstić information content (AvgIpc) is 3.43. The van der Waals surface area contributed by atoms with E-state index in [-0.39, 0.29) is 46.6 Å². The van der Waals surface area contributed by atoms with Gasteiger partial charge in [0.25, 0.3) is 0 Å². The van der Waals surface area contributed by atoms with E-state index in [4.69, 9.17) is 32.7 Å². The molecule has 2 aromatic heterocycles. The summed E-state index contributed by atoms with van der Waals surface area (Å²) in [6, 6.07) is 0. The van der Waals surface area contributed by atoms with E-state index in [0.717, 1.165) is 0 Å². The molecule has 0 aromatic carbocycles. The summed E-state index contributed by atoms with van der Waals surface area (Å²) < 4.78 is 40.3. The van der Waals surface area contributed by atoms with E-state index >= 15 is 0 Å². The van der Waals surface area contributed by atoms with Crippen LogP contribution >= 0.6 is 0 Å². The summed E-state index contributed by atoms with van der Waals surface area (Å²) in [7, 11) is 0. The lowest BCUT2D eigenvalue weighted by atomic mass is 9.91. The molecule has 0 bridgehead atoms. The molecule has 204 valence electrons. The quantitative estimate of drug-likeness (QED) is 0.386. The molecule has 0 amide bonds. The van der Waals surface area contributed by atoms with Crippen LogP contribution in [0.2, 0.25) is 0 Å². The molecule has 4 heterocycles. The molecular formula is C26H36N2O9. The molecule has 4 rings (SSSR count). The van der Waals surface area contributed by atoms with Gasteiger partial charge in [0.2, 0.25) is 0 Å². The first kappa shape index (κ1) is 27.4. The number of nitrogens with zero attached hydrogens (tertiary/aromatic N) is 2. The van der Waals surface area contributed by atoms with Crippen LogP contribution in [-0.2, 0) is 41.7 Å². The molecule has 0 aliphatic carbocycles. The highest BCUT2D eigenvalue weighted by Crippen LogP contribution is 2.42. The maximum atomic E-state index is 13.6. The largest absolute Gasteiger partial charge is 0.461 e. The van der Waals surface area contributed by atoms with Crippen LogP contribution in [0.25, 0.3) is 0 Å². The van der Waals surface area contributed by atoms with E-state index in [0.29, 0.717) is 37.8 Å². The lowest BCUT2D eigenvalue weighted by Gasteiger charge is -2.41. The molecule has 2 aliphatic rings. The predicted octanol–water partition coefficient (Wildman–Crippen LogP) is 4.06. The molecule has 0 spiro atoms. The van der Waals surface area contributed by atoms with Gasteiger partial charge in [0.15, 0.2) is 34.5 Å². The highest BCUT2D eigenvalue weighted by Gasteiger charge is 2.47. The second-order valence-corrected chi connectivity index (χ2v) is 11.5. The lowest BCUT2D eigenvalue weighted by Crippen LogP contribution is -2.45. The van der Waals surface area contributed by atoms with Crippen molar-refractivity contribution in [1.82, 2.24) is 10.3 Å². The van der Waals surface area contributed by atoms with Gasteiger partial charge < -0.3 is 32.7 Å². The van der Waals surface area contributed by atoms with Crippen LogP contribution in [-0.4, -0.2) is 55.1 Å². The third-order valence-corrected chi connectivity index (χ3v) is 6.54. The van der Waals surface area contributed by atoms with Crippen molar-refractivity contribution in [2.75, 3.05) is 33.0 Å². The minimum atomic E-state index is -1.37. The van der Waals surface area contributed by atoms with E-state index in [1.165, 1.54) is 0 Å². The number of carbonyl (C=O) groups excluding carboxylic acids is 2. The number of ketones is 1. The standard InChI is InChI=1S/C26H36N2O9/c1-9-31-22(30)21-19(26(8)34-13-24(5,6)14-35-26)17(37-28-21)10-16(29)20-18(15(2)36-27-20)25(7)32-11-23(3,4)12-33-25/h9-14H2,1-8H3. The summed E-state index contributed by atoms with van der Waals surface area (Å²) in [5.74, 6) is -3.20. The minimum Gasteiger partial charge on any atom is -0.461 e. The molecule has 2 saturated heterocycles. The second kappa shape index (κ2) is 9.61. The summed E-state index contributed by atoms with van der Waals surface area (Å²) in [5, 5.41) is 7.95. The van der Waals surface area contributed by atoms with Gasteiger partial charge in [-0.25, -0.2) is 4.79 Å². The number of hydrogen-bond acceptors (Lipinski definition) is 11. The van der Waals surface area contributed by atoms with Gasteiger partial charge in [-0.15, -0.1) is 0 Å². The van der Waals surface area contributed by atoms with Gasteiger partial charge in [0, 0.05) is 10.8 Å². The Labute approximate surface area is 216 Å². The number of rotatable bonds is 7. The third-order valence-electron chi connectivity index (χ3n) is 6.54. The van der Waals surface area contributed by atoms with Crippen LogP contribution in [0, 0.1) is 17.8 Å². The number of hydrogen-bond donors (Lipinski definition) is 0. The first-order chi connectivity index (χ1) is 17.2. The van der Waals surface area contributed by atoms with Crippen LogP contribution in [0.3, 0.4) is 0 Å². The highest BCUT2D eigenvalue weighted by molar-refractivity contribution is 5.98. The summed E-state index contributed by atoms with van der Waals surface area (Å²) in [4.78, 5) is 26.3. The summed E-state index contributed by atoms with van der Waals surface area (Å²) in [6.45, 7) is 16.6. The molecular weight excluding hydrogens is 484 g/mol. The van der Waals surface area contributed by atoms with Crippen LogP contribution in [0.1, 0.15) is 92.1 Å². The maximum absolute atomic E-state index is 13.6. The van der Waals surface area contributed by atoms with Crippen molar-refractivity contribution in [2.24, 2.45) is 10.8 Å². The molecule has 37 heavy (non-hydrogen) atoms. The molecule has 0 unspecified atom stereocenters. The Hall–Kier alpha value is -2.60. The molecule has 0 radical (unpaired) electrons. The van der Waals surface area contributed by atoms with Crippen molar-refractivity contribution >= 4 is 11.8 Å². The van der Waals surface area contributed by atoms with Crippen molar-refractivity contribution in [2.45, 2.75) is 73.4 Å². The topological polar surface area (TPSA) is 132 Å². The van der Waals surface area contributed by atoms with E-state index in [1.54, 1.807) is 27.7 Å². The lowest BCUT2D eigenvalue weighted by molar-refractivity contribution is -0.298. The molecule has 0 saturated carbocycles. The Morgan fingerprint density at radius 1 is 0.784 bits per heavy atom. The Bertz CT molecular complexity index is 1160. The van der Waals surface area contributed by atoms with E-state index in [1.807, 2.05) is 27.7 Å². The van der Waals surface area contributed by atoms with Crippen molar-refractivity contribution in [3.63, 3.8) is 0 Å². The smallest absolute Gasteiger partial charge is 0.361 e. The van der Waals surface area contributed by atoms with Gasteiger partial charge in [-0.1, -0.05) is 38.0 Å². The summed E-state index contributed by atoms with van der Waals surface area (Å²) >= 11 is 0. The van der Waals surface area contributed by atoms with Gasteiger partial charge in [-0.2, -0.15) is 0 Å². The van der Waals surface area contributed by atoms with Crippen molar-refractivity contribution in [1.29, 1.82) is 0 Å². The third kappa shape index (κ3) is 5.36. The Morgan fingerprint density at radius 3 is 1.78 bits per heavy atom. The number of aromatic nitrogens is 2. The zero-order valence-corrected chi connectivity index (χ0v) is 22.8. The van der Waals surface area contributed by atoms with E-state index in [9.17, 15) is 9.59 Å². The normalized spacial score (nSPS) is 21.9. The molecule has 2 aromatic rings. The van der Waals surface area contributed by atoms with Gasteiger partial charge in [0.05, 0.1) is 50.6 Å². The van der Waals surface area contributed by atoms with Gasteiger partial charge in [0.1, 0.15) is 5.76 Å². The van der Waals surface area contributed by atoms with Crippen LogP contribution in [0.15, 0.2) is 9.05 Å². The number of aryl methyl sites for hydroxylation is 1. The van der Waals surface area contributed by atoms with Gasteiger partial charge in [-0.3, -0.25) is 4.79 Å². The Balaban J connectivity index is 1.68. The predicted molar refractivity (Wildman–Crippen MR) is 128 cm³/mol. The zero-order chi connectivity index (χ0) is 27.2. The molecule has 11 heteroatoms. The van der Waals surface area contributed by atoms with Crippen LogP contribution < -0.4 is 0 Å². The first-order valence-electron chi connectivity index (χ1n) is 12.4. The highest BCUT2D eigenvalue weighted by atomic mass is 16.7. The van der Waals surface area contributed by atoms with Gasteiger partial charge >= 0.3 is 5.97 Å². The SMILES string of the molecule is CCOC(=O)c1noc(CC(=O)c2noc(C)c2C2(C)OCC(C)(C)CO2)c1C1(C)OCC(C)(C)CO1. The summed E-state index contributed by atoms with van der Waals surface area (Å²) in [6.07, 6.45) is -0.284. The molecule has 11 nitrogen and oxygen atoms in total. The number of esters is 1.